The minimum absolute atomic E-state index is 0.0538. The second-order valence-corrected chi connectivity index (χ2v) is 7.44. The van der Waals surface area contributed by atoms with Crippen LogP contribution in [-0.2, 0) is 0 Å². The fourth-order valence-electron chi connectivity index (χ4n) is 2.91. The number of nitrogens with one attached hydrogen (secondary N) is 1. The van der Waals surface area contributed by atoms with Crippen LogP contribution in [0.25, 0.3) is 17.1 Å². The minimum Gasteiger partial charge on any atom is -0.318 e. The molecule has 0 radical (unpaired) electrons. The van der Waals surface area contributed by atoms with Crippen LogP contribution in [0.15, 0.2) is 66.7 Å². The summed E-state index contributed by atoms with van der Waals surface area (Å²) in [6.07, 6.45) is 0. The Morgan fingerprint density at radius 3 is 2.50 bits per heavy atom. The van der Waals surface area contributed by atoms with Gasteiger partial charge in [-0.3, -0.25) is 4.79 Å². The summed E-state index contributed by atoms with van der Waals surface area (Å²) in [6.45, 7) is 1.96. The molecule has 0 saturated carbocycles. The van der Waals surface area contributed by atoms with Crippen LogP contribution >= 0.6 is 23.2 Å². The largest absolute Gasteiger partial charge is 0.318 e. The van der Waals surface area contributed by atoms with E-state index in [1.54, 1.807) is 24.3 Å². The number of halogens is 3. The first kappa shape index (κ1) is 20.1. The van der Waals surface area contributed by atoms with Crippen LogP contribution in [-0.4, -0.2) is 20.7 Å². The lowest BCUT2D eigenvalue weighted by Gasteiger charge is -2.06. The molecule has 1 aromatic heterocycles. The van der Waals surface area contributed by atoms with Crippen LogP contribution in [0.1, 0.15) is 16.2 Å². The number of rotatable bonds is 4. The molecule has 0 saturated heterocycles. The number of amides is 1. The van der Waals surface area contributed by atoms with Gasteiger partial charge in [-0.1, -0.05) is 47.0 Å². The summed E-state index contributed by atoms with van der Waals surface area (Å²) in [6, 6.07) is 18.2. The van der Waals surface area contributed by atoms with E-state index in [1.807, 2.05) is 31.2 Å². The van der Waals surface area contributed by atoms with Gasteiger partial charge in [0.15, 0.2) is 5.82 Å². The molecule has 0 bridgehead atoms. The Bertz CT molecular complexity index is 1240. The summed E-state index contributed by atoms with van der Waals surface area (Å²) in [5.41, 5.74) is 2.76. The standard InChI is InChI=1S/C22H15Cl2FN4O/c1-13-3-2-4-14(11-13)21-27-20(28-29(21)17-8-6-16(25)7-9-17)22(30)26-19-10-5-15(23)12-18(19)24/h2-12H,1H3,(H,26,30). The number of anilines is 1. The molecule has 1 heterocycles. The maximum absolute atomic E-state index is 13.4. The molecule has 4 aromatic rings. The van der Waals surface area contributed by atoms with Gasteiger partial charge in [0.2, 0.25) is 5.82 Å². The predicted octanol–water partition coefficient (Wildman–Crippen LogP) is 5.94. The Hall–Kier alpha value is -3.22. The third-order valence-corrected chi connectivity index (χ3v) is 4.88. The molecule has 150 valence electrons. The smallest absolute Gasteiger partial charge is 0.295 e. The first-order chi connectivity index (χ1) is 14.4. The quantitative estimate of drug-likeness (QED) is 0.426. The Morgan fingerprint density at radius 2 is 1.80 bits per heavy atom. The van der Waals surface area contributed by atoms with E-state index in [2.05, 4.69) is 15.4 Å². The lowest BCUT2D eigenvalue weighted by molar-refractivity contribution is 0.101. The van der Waals surface area contributed by atoms with Crippen LogP contribution in [0.5, 0.6) is 0 Å². The summed E-state index contributed by atoms with van der Waals surface area (Å²) in [4.78, 5) is 17.2. The number of aryl methyl sites for hydroxylation is 1. The molecule has 0 atom stereocenters. The van der Waals surface area contributed by atoms with E-state index < -0.39 is 5.91 Å². The van der Waals surface area contributed by atoms with E-state index in [-0.39, 0.29) is 11.6 Å². The van der Waals surface area contributed by atoms with Crippen LogP contribution in [0.2, 0.25) is 10.0 Å². The van der Waals surface area contributed by atoms with Gasteiger partial charge >= 0.3 is 0 Å². The van der Waals surface area contributed by atoms with Gasteiger partial charge in [0.05, 0.1) is 16.4 Å². The summed E-state index contributed by atoms with van der Waals surface area (Å²) in [5, 5.41) is 7.81. The van der Waals surface area contributed by atoms with Crippen molar-refractivity contribution in [2.75, 3.05) is 5.32 Å². The van der Waals surface area contributed by atoms with E-state index in [9.17, 15) is 9.18 Å². The molecular formula is C22H15Cl2FN4O. The summed E-state index contributed by atoms with van der Waals surface area (Å²) in [7, 11) is 0. The van der Waals surface area contributed by atoms with Gasteiger partial charge in [0, 0.05) is 10.6 Å². The third-order valence-electron chi connectivity index (χ3n) is 4.34. The van der Waals surface area contributed by atoms with Crippen molar-refractivity contribution >= 4 is 34.8 Å². The highest BCUT2D eigenvalue weighted by molar-refractivity contribution is 6.36. The number of hydrogen-bond donors (Lipinski definition) is 1. The average molecular weight is 441 g/mol. The molecule has 1 amide bonds. The summed E-state index contributed by atoms with van der Waals surface area (Å²) < 4.78 is 14.9. The maximum Gasteiger partial charge on any atom is 0.295 e. The lowest BCUT2D eigenvalue weighted by atomic mass is 10.1. The molecule has 0 unspecified atom stereocenters. The molecule has 5 nitrogen and oxygen atoms in total. The number of benzene rings is 3. The van der Waals surface area contributed by atoms with E-state index in [4.69, 9.17) is 23.2 Å². The van der Waals surface area contributed by atoms with Gasteiger partial charge < -0.3 is 5.32 Å². The summed E-state index contributed by atoms with van der Waals surface area (Å²) in [5.74, 6) is -0.500. The second kappa shape index (κ2) is 8.26. The first-order valence-electron chi connectivity index (χ1n) is 8.97. The van der Waals surface area contributed by atoms with Gasteiger partial charge in [0.25, 0.3) is 5.91 Å². The van der Waals surface area contributed by atoms with Crippen LogP contribution < -0.4 is 5.32 Å². The molecule has 0 fully saturated rings. The second-order valence-electron chi connectivity index (χ2n) is 6.60. The normalized spacial score (nSPS) is 10.8. The van der Waals surface area contributed by atoms with Gasteiger partial charge in [-0.05, 0) is 55.5 Å². The van der Waals surface area contributed by atoms with Gasteiger partial charge in [0.1, 0.15) is 5.82 Å². The van der Waals surface area contributed by atoms with Crippen LogP contribution in [0.3, 0.4) is 0 Å². The molecule has 0 spiro atoms. The molecule has 0 aliphatic heterocycles. The Morgan fingerprint density at radius 1 is 1.03 bits per heavy atom. The van der Waals surface area contributed by atoms with Gasteiger partial charge in [-0.2, -0.15) is 0 Å². The molecule has 8 heteroatoms. The topological polar surface area (TPSA) is 59.8 Å². The minimum atomic E-state index is -0.533. The van der Waals surface area contributed by atoms with Gasteiger partial charge in [-0.15, -0.1) is 5.10 Å². The fourth-order valence-corrected chi connectivity index (χ4v) is 3.37. The fraction of sp³-hybridized carbons (Fsp3) is 0.0455. The Labute approximate surface area is 182 Å². The predicted molar refractivity (Wildman–Crippen MR) is 116 cm³/mol. The number of nitrogens with zero attached hydrogens (tertiary/aromatic N) is 3. The Kier molecular flexibility index (Phi) is 5.53. The number of aromatic nitrogens is 3. The zero-order valence-corrected chi connectivity index (χ0v) is 17.2. The van der Waals surface area contributed by atoms with Crippen molar-refractivity contribution < 1.29 is 9.18 Å². The molecule has 1 N–H and O–H groups in total. The van der Waals surface area contributed by atoms with E-state index in [0.717, 1.165) is 11.1 Å². The highest BCUT2D eigenvalue weighted by atomic mass is 35.5. The zero-order valence-electron chi connectivity index (χ0n) is 15.7. The van der Waals surface area contributed by atoms with Crippen LogP contribution in [0.4, 0.5) is 10.1 Å². The highest BCUT2D eigenvalue weighted by Crippen LogP contribution is 2.27. The van der Waals surface area contributed by atoms with Crippen LogP contribution in [0, 0.1) is 12.7 Å². The van der Waals surface area contributed by atoms with Gasteiger partial charge in [-0.25, -0.2) is 14.1 Å². The third kappa shape index (κ3) is 4.20. The SMILES string of the molecule is Cc1cccc(-c2nc(C(=O)Nc3ccc(Cl)cc3Cl)nn2-c2ccc(F)cc2)c1. The van der Waals surface area contributed by atoms with E-state index in [1.165, 1.54) is 22.9 Å². The van der Waals surface area contributed by atoms with E-state index >= 15 is 0 Å². The lowest BCUT2D eigenvalue weighted by Crippen LogP contribution is -2.14. The molecular weight excluding hydrogens is 426 g/mol. The zero-order chi connectivity index (χ0) is 21.3. The molecule has 0 aliphatic rings. The average Bonchev–Trinajstić information content (AvgIpc) is 3.16. The first-order valence-corrected chi connectivity index (χ1v) is 9.73. The number of carbonyl (C=O) groups is 1. The monoisotopic (exact) mass is 440 g/mol. The van der Waals surface area contributed by atoms with Crippen molar-refractivity contribution in [2.45, 2.75) is 6.92 Å². The molecule has 0 aliphatic carbocycles. The highest BCUT2D eigenvalue weighted by Gasteiger charge is 2.20. The van der Waals surface area contributed by atoms with Crippen molar-refractivity contribution in [1.29, 1.82) is 0 Å². The van der Waals surface area contributed by atoms with Crippen molar-refractivity contribution in [2.24, 2.45) is 0 Å². The number of carbonyl (C=O) groups excluding carboxylic acids is 1. The summed E-state index contributed by atoms with van der Waals surface area (Å²) >= 11 is 12.0. The Balaban J connectivity index is 1.76. The van der Waals surface area contributed by atoms with Crippen molar-refractivity contribution in [3.63, 3.8) is 0 Å². The van der Waals surface area contributed by atoms with Crippen molar-refractivity contribution in [3.8, 4) is 17.1 Å². The maximum atomic E-state index is 13.4. The van der Waals surface area contributed by atoms with Crippen molar-refractivity contribution in [1.82, 2.24) is 14.8 Å². The number of hydrogen-bond acceptors (Lipinski definition) is 3. The van der Waals surface area contributed by atoms with Crippen molar-refractivity contribution in [3.05, 3.63) is 94.0 Å². The molecule has 3 aromatic carbocycles. The molecule has 30 heavy (non-hydrogen) atoms. The van der Waals surface area contributed by atoms with E-state index in [0.29, 0.717) is 27.2 Å². The molecule has 4 rings (SSSR count).